The van der Waals surface area contributed by atoms with Gasteiger partial charge >= 0.3 is 0 Å². The fourth-order valence-corrected chi connectivity index (χ4v) is 7.67. The second kappa shape index (κ2) is 11.7. The van der Waals surface area contributed by atoms with Crippen LogP contribution < -0.4 is 0 Å². The number of para-hydroxylation sites is 2. The van der Waals surface area contributed by atoms with Crippen LogP contribution in [-0.4, -0.2) is 14.5 Å². The van der Waals surface area contributed by atoms with Gasteiger partial charge in [0.15, 0.2) is 0 Å². The van der Waals surface area contributed by atoms with Crippen LogP contribution in [0.15, 0.2) is 162 Å². The maximum Gasteiger partial charge on any atom is 0.136 e. The molecule has 4 nitrogen and oxygen atoms in total. The molecular formula is C46H33N3O. The monoisotopic (exact) mass is 643 g/mol. The molecule has 1 atom stereocenters. The Bertz CT molecular complexity index is 2740. The molecule has 0 saturated carbocycles. The Kier molecular flexibility index (Phi) is 6.73. The summed E-state index contributed by atoms with van der Waals surface area (Å²) in [6.45, 7) is 0. The molecule has 2 aliphatic carbocycles. The van der Waals surface area contributed by atoms with Crippen LogP contribution in [0.3, 0.4) is 0 Å². The first-order chi connectivity index (χ1) is 24.8. The van der Waals surface area contributed by atoms with Crippen molar-refractivity contribution >= 4 is 55.0 Å². The molecular weight excluding hydrogens is 611 g/mol. The van der Waals surface area contributed by atoms with Crippen molar-refractivity contribution in [3.63, 3.8) is 0 Å². The normalized spacial score (nSPS) is 16.0. The van der Waals surface area contributed by atoms with Gasteiger partial charge in [0.05, 0.1) is 22.4 Å². The number of allylic oxidation sites excluding steroid dienone is 8. The Balaban J connectivity index is 1.03. The molecule has 4 heteroatoms. The van der Waals surface area contributed by atoms with E-state index in [9.17, 15) is 0 Å². The average molecular weight is 644 g/mol. The first kappa shape index (κ1) is 28.7. The maximum absolute atomic E-state index is 6.11. The minimum Gasteiger partial charge on any atom is -0.456 e. The van der Waals surface area contributed by atoms with Crippen molar-refractivity contribution in [1.29, 1.82) is 0 Å². The summed E-state index contributed by atoms with van der Waals surface area (Å²) >= 11 is 0. The van der Waals surface area contributed by atoms with E-state index in [0.29, 0.717) is 0 Å². The quantitative estimate of drug-likeness (QED) is 0.187. The molecule has 0 radical (unpaired) electrons. The highest BCUT2D eigenvalue weighted by atomic mass is 16.3. The van der Waals surface area contributed by atoms with Crippen LogP contribution in [0.25, 0.3) is 77.4 Å². The van der Waals surface area contributed by atoms with E-state index in [0.717, 1.165) is 64.0 Å². The van der Waals surface area contributed by atoms with Crippen LogP contribution >= 0.6 is 0 Å². The zero-order chi connectivity index (χ0) is 33.0. The Hall–Kier alpha value is -6.26. The highest BCUT2D eigenvalue weighted by molar-refractivity contribution is 6.12. The number of nitrogens with zero attached hydrogens (tertiary/aromatic N) is 3. The maximum atomic E-state index is 6.11. The Morgan fingerprint density at radius 3 is 2.20 bits per heavy atom. The molecule has 0 spiro atoms. The third-order valence-electron chi connectivity index (χ3n) is 10.2. The van der Waals surface area contributed by atoms with E-state index in [2.05, 4.69) is 144 Å². The molecule has 0 aliphatic heterocycles. The van der Waals surface area contributed by atoms with E-state index < -0.39 is 0 Å². The molecule has 50 heavy (non-hydrogen) atoms. The molecule has 3 aromatic heterocycles. The van der Waals surface area contributed by atoms with Crippen molar-refractivity contribution in [3.05, 3.63) is 169 Å². The number of rotatable bonds is 5. The average Bonchev–Trinajstić information content (AvgIpc) is 3.73. The smallest absolute Gasteiger partial charge is 0.136 e. The lowest BCUT2D eigenvalue weighted by molar-refractivity contribution is 0.669. The van der Waals surface area contributed by atoms with Gasteiger partial charge in [-0.3, -0.25) is 0 Å². The fraction of sp³-hybridized carbons (Fsp3) is 0.0870. The van der Waals surface area contributed by atoms with E-state index in [1.54, 1.807) is 0 Å². The van der Waals surface area contributed by atoms with Gasteiger partial charge in [-0.25, -0.2) is 9.97 Å². The van der Waals surface area contributed by atoms with E-state index in [-0.39, 0.29) is 5.92 Å². The third-order valence-corrected chi connectivity index (χ3v) is 10.2. The summed E-state index contributed by atoms with van der Waals surface area (Å²) in [6.07, 6.45) is 16.3. The van der Waals surface area contributed by atoms with Crippen LogP contribution in [0.1, 0.15) is 36.7 Å². The minimum absolute atomic E-state index is 0.0921. The molecule has 5 aromatic carbocycles. The summed E-state index contributed by atoms with van der Waals surface area (Å²) < 4.78 is 8.51. The zero-order valence-corrected chi connectivity index (χ0v) is 27.5. The van der Waals surface area contributed by atoms with Gasteiger partial charge in [0.2, 0.25) is 0 Å². The Labute approximate surface area is 290 Å². The van der Waals surface area contributed by atoms with Crippen molar-refractivity contribution in [2.45, 2.75) is 25.2 Å². The highest BCUT2D eigenvalue weighted by Crippen LogP contribution is 2.39. The predicted molar refractivity (Wildman–Crippen MR) is 207 cm³/mol. The standard InChI is InChI=1S/C46H33N3O/c1-3-11-30(12-4-1)40-29-41(31-13-5-2-6-14-31)48-46(47-40)32-19-23-35(24-20-32)49-42-17-9-7-15-36(42)38-27-33(21-25-43(38)49)34-22-26-45-39(28-34)37-16-8-10-18-44(37)50-45/h1-5,7-13,15-19,21-29,32H,6,14,20H2. The molecule has 0 fully saturated rings. The van der Waals surface area contributed by atoms with Crippen molar-refractivity contribution < 1.29 is 4.42 Å². The van der Waals surface area contributed by atoms with Gasteiger partial charge in [-0.05, 0) is 84.5 Å². The van der Waals surface area contributed by atoms with Gasteiger partial charge in [-0.1, -0.05) is 109 Å². The Morgan fingerprint density at radius 2 is 1.36 bits per heavy atom. The number of hydrogen-bond acceptors (Lipinski definition) is 3. The number of hydrogen-bond donors (Lipinski definition) is 0. The second-order valence-corrected chi connectivity index (χ2v) is 13.2. The molecule has 1 unspecified atom stereocenters. The summed E-state index contributed by atoms with van der Waals surface area (Å²) in [4.78, 5) is 10.3. The number of furan rings is 1. The molecule has 8 aromatic rings. The topological polar surface area (TPSA) is 43.9 Å². The van der Waals surface area contributed by atoms with Crippen LogP contribution in [-0.2, 0) is 0 Å². The second-order valence-electron chi connectivity index (χ2n) is 13.2. The summed E-state index contributed by atoms with van der Waals surface area (Å²) in [5, 5.41) is 4.78. The van der Waals surface area contributed by atoms with Crippen LogP contribution in [0.2, 0.25) is 0 Å². The molecule has 2 aliphatic rings. The lowest BCUT2D eigenvalue weighted by Crippen LogP contribution is -2.09. The molecule has 10 rings (SSSR count). The number of fused-ring (bicyclic) bond motifs is 6. The van der Waals surface area contributed by atoms with Gasteiger partial charge in [-0.2, -0.15) is 0 Å². The molecule has 0 bridgehead atoms. The SMILES string of the molecule is C1=CCCC(c2cc(-c3ccccc3)nc(C3C=CC(n4c5ccccc5c5cc(-c6ccc7oc8ccccc8c7c6)ccc54)=CC3)n2)=C1. The largest absolute Gasteiger partial charge is 0.456 e. The minimum atomic E-state index is 0.0921. The van der Waals surface area contributed by atoms with Crippen LogP contribution in [0.4, 0.5) is 0 Å². The van der Waals surface area contributed by atoms with Gasteiger partial charge < -0.3 is 8.98 Å². The van der Waals surface area contributed by atoms with E-state index in [4.69, 9.17) is 14.4 Å². The van der Waals surface area contributed by atoms with Gasteiger partial charge in [-0.15, -0.1) is 0 Å². The Morgan fingerprint density at radius 1 is 0.620 bits per heavy atom. The predicted octanol–water partition coefficient (Wildman–Crippen LogP) is 12.1. The van der Waals surface area contributed by atoms with E-state index >= 15 is 0 Å². The summed E-state index contributed by atoms with van der Waals surface area (Å²) in [5.41, 5.74) is 12.2. The fourth-order valence-electron chi connectivity index (χ4n) is 7.67. The van der Waals surface area contributed by atoms with Crippen LogP contribution in [0, 0.1) is 0 Å². The third kappa shape index (κ3) is 4.83. The zero-order valence-electron chi connectivity index (χ0n) is 27.5. The summed E-state index contributed by atoms with van der Waals surface area (Å²) in [6, 6.07) is 43.0. The lowest BCUT2D eigenvalue weighted by atomic mass is 9.96. The first-order valence-electron chi connectivity index (χ1n) is 17.4. The van der Waals surface area contributed by atoms with Crippen molar-refractivity contribution in [2.75, 3.05) is 0 Å². The first-order valence-corrected chi connectivity index (χ1v) is 17.4. The van der Waals surface area contributed by atoms with Gasteiger partial charge in [0.1, 0.15) is 17.0 Å². The van der Waals surface area contributed by atoms with Crippen LogP contribution in [0.5, 0.6) is 0 Å². The lowest BCUT2D eigenvalue weighted by Gasteiger charge is -2.19. The summed E-state index contributed by atoms with van der Waals surface area (Å²) in [5.74, 6) is 0.965. The van der Waals surface area contributed by atoms with Crippen molar-refractivity contribution in [3.8, 4) is 22.4 Å². The van der Waals surface area contributed by atoms with Gasteiger partial charge in [0, 0.05) is 38.7 Å². The molecule has 0 saturated heterocycles. The molecule has 238 valence electrons. The van der Waals surface area contributed by atoms with Crippen molar-refractivity contribution in [2.24, 2.45) is 0 Å². The highest BCUT2D eigenvalue weighted by Gasteiger charge is 2.21. The van der Waals surface area contributed by atoms with E-state index in [1.165, 1.54) is 44.2 Å². The number of benzene rings is 5. The van der Waals surface area contributed by atoms with E-state index in [1.807, 2.05) is 18.2 Å². The summed E-state index contributed by atoms with van der Waals surface area (Å²) in [7, 11) is 0. The molecule has 3 heterocycles. The number of aromatic nitrogens is 3. The molecule has 0 N–H and O–H groups in total. The van der Waals surface area contributed by atoms with Crippen molar-refractivity contribution in [1.82, 2.24) is 14.5 Å². The van der Waals surface area contributed by atoms with Gasteiger partial charge in [0.25, 0.3) is 0 Å². The molecule has 0 amide bonds.